The zero-order valence-electron chi connectivity index (χ0n) is 5.96. The average Bonchev–Trinajstić information content (AvgIpc) is 1.87. The minimum atomic E-state index is -1.39. The van der Waals surface area contributed by atoms with Gasteiger partial charge in [-0.1, -0.05) is 23.2 Å². The number of nitrogens with one attached hydrogen (secondary N) is 2. The van der Waals surface area contributed by atoms with Crippen molar-refractivity contribution in [2.24, 2.45) is 0 Å². The third-order valence-corrected chi connectivity index (χ3v) is 1.93. The molecule has 2 N–H and O–H groups in total. The van der Waals surface area contributed by atoms with Gasteiger partial charge in [-0.05, 0) is 6.92 Å². The second-order valence-corrected chi connectivity index (χ2v) is 3.57. The summed E-state index contributed by atoms with van der Waals surface area (Å²) in [6.07, 6.45) is 0. The molecule has 2 amide bonds. The Morgan fingerprint density at radius 2 is 2.09 bits per heavy atom. The first-order valence-electron chi connectivity index (χ1n) is 3.01. The van der Waals surface area contributed by atoms with Gasteiger partial charge in [-0.25, -0.2) is 4.79 Å². The molecule has 0 aromatic rings. The summed E-state index contributed by atoms with van der Waals surface area (Å²) < 4.78 is -1.39. The predicted octanol–water partition coefficient (Wildman–Crippen LogP) is 1.68. The monoisotopic (exact) mass is 218 g/mol. The smallest absolute Gasteiger partial charge is 0.317 e. The Labute approximate surface area is 80.4 Å². The Hall–Kier alpha value is 0.140. The predicted molar refractivity (Wildman–Crippen MR) is 47.4 cm³/mol. The highest BCUT2D eigenvalue weighted by Gasteiger charge is 2.24. The van der Waals surface area contributed by atoms with Crippen molar-refractivity contribution < 1.29 is 4.79 Å². The van der Waals surface area contributed by atoms with E-state index in [2.05, 4.69) is 10.6 Å². The largest absolute Gasteiger partial charge is 0.338 e. The summed E-state index contributed by atoms with van der Waals surface area (Å²) in [5.41, 5.74) is 0. The molecule has 0 aliphatic heterocycles. The average molecular weight is 219 g/mol. The second kappa shape index (κ2) is 4.91. The Balaban J connectivity index is 3.74. The summed E-state index contributed by atoms with van der Waals surface area (Å²) >= 11 is 16.4. The number of carbonyl (C=O) groups excluding carboxylic acids is 1. The lowest BCUT2D eigenvalue weighted by Gasteiger charge is -2.17. The number of alkyl halides is 3. The molecule has 6 heteroatoms. The topological polar surface area (TPSA) is 41.1 Å². The number of hydrogen-bond donors (Lipinski definition) is 2. The molecule has 0 rings (SSSR count). The SMILES string of the molecule is CCNC(=O)NC(Cl)(Cl)CCl. The van der Waals surface area contributed by atoms with Gasteiger partial charge in [0.25, 0.3) is 0 Å². The van der Waals surface area contributed by atoms with Gasteiger partial charge in [0.1, 0.15) is 0 Å². The fourth-order valence-corrected chi connectivity index (χ4v) is 0.643. The maximum absolute atomic E-state index is 10.8. The summed E-state index contributed by atoms with van der Waals surface area (Å²) in [5, 5.41) is 4.71. The molecule has 66 valence electrons. The van der Waals surface area contributed by atoms with Gasteiger partial charge in [0, 0.05) is 6.54 Å². The van der Waals surface area contributed by atoms with Crippen LogP contribution in [0.5, 0.6) is 0 Å². The third kappa shape index (κ3) is 5.41. The van der Waals surface area contributed by atoms with Gasteiger partial charge in [0.2, 0.25) is 4.46 Å². The minimum Gasteiger partial charge on any atom is -0.338 e. The summed E-state index contributed by atoms with van der Waals surface area (Å²) in [6, 6.07) is -0.432. The number of hydrogen-bond acceptors (Lipinski definition) is 1. The van der Waals surface area contributed by atoms with Crippen LogP contribution in [-0.2, 0) is 0 Å². The summed E-state index contributed by atoms with van der Waals surface area (Å²) in [6.45, 7) is 2.29. The fourth-order valence-electron chi connectivity index (χ4n) is 0.404. The molecule has 0 atom stereocenters. The van der Waals surface area contributed by atoms with E-state index in [0.29, 0.717) is 6.54 Å². The summed E-state index contributed by atoms with van der Waals surface area (Å²) in [7, 11) is 0. The molecule has 0 radical (unpaired) electrons. The maximum atomic E-state index is 10.8. The first-order chi connectivity index (χ1) is 5.02. The molecule has 0 aliphatic rings. The van der Waals surface area contributed by atoms with Gasteiger partial charge >= 0.3 is 6.03 Å². The van der Waals surface area contributed by atoms with Crippen molar-refractivity contribution in [2.75, 3.05) is 12.4 Å². The highest BCUT2D eigenvalue weighted by atomic mass is 35.5. The van der Waals surface area contributed by atoms with Gasteiger partial charge in [-0.3, -0.25) is 0 Å². The molecule has 0 saturated heterocycles. The van der Waals surface area contributed by atoms with E-state index in [1.807, 2.05) is 0 Å². The van der Waals surface area contributed by atoms with E-state index in [1.165, 1.54) is 0 Å². The Kier molecular flexibility index (Phi) is 4.97. The van der Waals surface area contributed by atoms with Gasteiger partial charge in [-0.2, -0.15) is 0 Å². The Morgan fingerprint density at radius 1 is 1.55 bits per heavy atom. The van der Waals surface area contributed by atoms with Gasteiger partial charge in [-0.15, -0.1) is 11.6 Å². The molecular weight excluding hydrogens is 210 g/mol. The second-order valence-electron chi connectivity index (χ2n) is 1.82. The molecule has 0 fully saturated rings. The van der Waals surface area contributed by atoms with Crippen LogP contribution >= 0.6 is 34.8 Å². The molecule has 0 aliphatic carbocycles. The van der Waals surface area contributed by atoms with E-state index in [1.54, 1.807) is 6.92 Å². The fraction of sp³-hybridized carbons (Fsp3) is 0.800. The normalized spacial score (nSPS) is 10.9. The van der Waals surface area contributed by atoms with Crippen LogP contribution in [0.25, 0.3) is 0 Å². The van der Waals surface area contributed by atoms with E-state index in [-0.39, 0.29) is 5.88 Å². The lowest BCUT2D eigenvalue weighted by Crippen LogP contribution is -2.46. The highest BCUT2D eigenvalue weighted by molar-refractivity contribution is 6.51. The van der Waals surface area contributed by atoms with Crippen molar-refractivity contribution in [1.29, 1.82) is 0 Å². The molecule has 0 saturated carbocycles. The lowest BCUT2D eigenvalue weighted by atomic mass is 10.7. The van der Waals surface area contributed by atoms with Crippen molar-refractivity contribution in [3.63, 3.8) is 0 Å². The third-order valence-electron chi connectivity index (χ3n) is 0.802. The molecule has 3 nitrogen and oxygen atoms in total. The van der Waals surface area contributed by atoms with Crippen LogP contribution in [0.1, 0.15) is 6.92 Å². The first-order valence-corrected chi connectivity index (χ1v) is 4.30. The van der Waals surface area contributed by atoms with E-state index in [4.69, 9.17) is 34.8 Å². The van der Waals surface area contributed by atoms with Crippen molar-refractivity contribution in [1.82, 2.24) is 10.6 Å². The van der Waals surface area contributed by atoms with E-state index in [0.717, 1.165) is 0 Å². The zero-order chi connectivity index (χ0) is 8.91. The molecule has 0 spiro atoms. The maximum Gasteiger partial charge on any atom is 0.317 e. The molecular formula is C5H9Cl3N2O. The quantitative estimate of drug-likeness (QED) is 0.550. The van der Waals surface area contributed by atoms with E-state index in [9.17, 15) is 4.79 Å². The zero-order valence-corrected chi connectivity index (χ0v) is 8.22. The van der Waals surface area contributed by atoms with Crippen molar-refractivity contribution in [3.8, 4) is 0 Å². The van der Waals surface area contributed by atoms with Crippen molar-refractivity contribution in [3.05, 3.63) is 0 Å². The summed E-state index contributed by atoms with van der Waals surface area (Å²) in [5.74, 6) is -0.0623. The number of urea groups is 1. The molecule has 0 aromatic carbocycles. The van der Waals surface area contributed by atoms with Gasteiger partial charge < -0.3 is 10.6 Å². The number of halogens is 3. The Morgan fingerprint density at radius 3 is 2.45 bits per heavy atom. The number of rotatable bonds is 3. The highest BCUT2D eigenvalue weighted by Crippen LogP contribution is 2.17. The van der Waals surface area contributed by atoms with Crippen LogP contribution in [0.3, 0.4) is 0 Å². The minimum absolute atomic E-state index is 0.0623. The number of carbonyl (C=O) groups is 1. The first kappa shape index (κ1) is 11.1. The van der Waals surface area contributed by atoms with Crippen LogP contribution in [0.2, 0.25) is 0 Å². The van der Waals surface area contributed by atoms with Gasteiger partial charge in [0.05, 0.1) is 5.88 Å². The van der Waals surface area contributed by atoms with Crippen LogP contribution < -0.4 is 10.6 Å². The van der Waals surface area contributed by atoms with Crippen molar-refractivity contribution >= 4 is 40.8 Å². The Bertz CT molecular complexity index is 140. The molecule has 0 unspecified atom stereocenters. The van der Waals surface area contributed by atoms with Crippen LogP contribution in [-0.4, -0.2) is 22.9 Å². The van der Waals surface area contributed by atoms with Crippen LogP contribution in [0.4, 0.5) is 4.79 Å². The molecule has 0 heterocycles. The van der Waals surface area contributed by atoms with Crippen LogP contribution in [0.15, 0.2) is 0 Å². The summed E-state index contributed by atoms with van der Waals surface area (Å²) in [4.78, 5) is 10.8. The lowest BCUT2D eigenvalue weighted by molar-refractivity contribution is 0.240. The van der Waals surface area contributed by atoms with E-state index >= 15 is 0 Å². The number of amides is 2. The molecule has 0 bridgehead atoms. The molecule has 0 aromatic heterocycles. The molecule has 11 heavy (non-hydrogen) atoms. The van der Waals surface area contributed by atoms with Crippen LogP contribution in [0, 0.1) is 0 Å². The van der Waals surface area contributed by atoms with Crippen molar-refractivity contribution in [2.45, 2.75) is 11.4 Å². The standard InChI is InChI=1S/C5H9Cl3N2O/c1-2-9-4(11)10-5(7,8)3-6/h2-3H2,1H3,(H2,9,10,11). The van der Waals surface area contributed by atoms with E-state index < -0.39 is 10.5 Å². The van der Waals surface area contributed by atoms with Gasteiger partial charge in [0.15, 0.2) is 0 Å².